The van der Waals surface area contributed by atoms with E-state index in [0.29, 0.717) is 17.1 Å². The molecule has 6 nitrogen and oxygen atoms in total. The first kappa shape index (κ1) is 17.4. The summed E-state index contributed by atoms with van der Waals surface area (Å²) in [4.78, 5) is 23.0. The van der Waals surface area contributed by atoms with Crippen molar-refractivity contribution in [3.8, 4) is 11.3 Å². The fourth-order valence-electron chi connectivity index (χ4n) is 1.95. The number of amides is 1. The van der Waals surface area contributed by atoms with Crippen molar-refractivity contribution in [1.29, 1.82) is 0 Å². The Morgan fingerprint density at radius 2 is 2.08 bits per heavy atom. The largest absolute Gasteiger partial charge is 0.467 e. The van der Waals surface area contributed by atoms with Crippen molar-refractivity contribution in [2.24, 2.45) is 0 Å². The summed E-state index contributed by atoms with van der Waals surface area (Å²) in [6.07, 6.45) is 2.50. The van der Waals surface area contributed by atoms with E-state index in [0.717, 1.165) is 13.2 Å². The number of hydrogen-bond acceptors (Lipinski definition) is 5. The number of aliphatic hydroxyl groups is 1. The van der Waals surface area contributed by atoms with Gasteiger partial charge in [0.15, 0.2) is 6.04 Å². The smallest absolute Gasteiger partial charge is 0.330 e. The topological polar surface area (TPSA) is 88.8 Å². The second kappa shape index (κ2) is 8.07. The van der Waals surface area contributed by atoms with Gasteiger partial charge in [0, 0.05) is 6.08 Å². The van der Waals surface area contributed by atoms with E-state index in [1.54, 1.807) is 30.3 Å². The minimum absolute atomic E-state index is 0.313. The summed E-state index contributed by atoms with van der Waals surface area (Å²) in [5, 5.41) is 11.3. The third-order valence-electron chi connectivity index (χ3n) is 3.15. The van der Waals surface area contributed by atoms with Crippen LogP contribution in [0.1, 0.15) is 5.76 Å². The highest BCUT2D eigenvalue weighted by Gasteiger charge is 2.19. The third-order valence-corrected chi connectivity index (χ3v) is 3.15. The average Bonchev–Trinajstić information content (AvgIpc) is 3.06. The quantitative estimate of drug-likeness (QED) is 0.621. The number of methoxy groups -OCH3 is 1. The van der Waals surface area contributed by atoms with Crippen molar-refractivity contribution < 1.29 is 28.2 Å². The first-order valence-corrected chi connectivity index (χ1v) is 7.07. The predicted molar refractivity (Wildman–Crippen MR) is 84.2 cm³/mol. The molecule has 1 heterocycles. The van der Waals surface area contributed by atoms with Crippen LogP contribution in [0.25, 0.3) is 17.4 Å². The lowest BCUT2D eigenvalue weighted by atomic mass is 10.1. The van der Waals surface area contributed by atoms with Crippen LogP contribution >= 0.6 is 0 Å². The number of furan rings is 1. The molecule has 1 atom stereocenters. The van der Waals surface area contributed by atoms with Crippen LogP contribution in [0.15, 0.2) is 46.9 Å². The average molecular weight is 333 g/mol. The maximum Gasteiger partial charge on any atom is 0.330 e. The predicted octanol–water partition coefficient (Wildman–Crippen LogP) is 1.75. The van der Waals surface area contributed by atoms with E-state index in [-0.39, 0.29) is 0 Å². The van der Waals surface area contributed by atoms with E-state index in [1.807, 2.05) is 0 Å². The van der Waals surface area contributed by atoms with E-state index in [4.69, 9.17) is 9.52 Å². The van der Waals surface area contributed by atoms with Crippen molar-refractivity contribution >= 4 is 18.0 Å². The Morgan fingerprint density at radius 1 is 1.33 bits per heavy atom. The molecule has 1 amide bonds. The van der Waals surface area contributed by atoms with E-state index in [9.17, 15) is 14.0 Å². The zero-order valence-electron chi connectivity index (χ0n) is 12.9. The standard InChI is InChI=1S/C17H16FNO5/c1-23-17(22)14(10-20)19-16(21)9-7-11-6-8-15(24-11)12-4-2-3-5-13(12)18/h2-9,14,20H,10H2,1H3,(H,19,21)/b9-7+/t14-/m0/s1. The number of hydrogen-bond donors (Lipinski definition) is 2. The molecule has 2 aromatic rings. The summed E-state index contributed by atoms with van der Waals surface area (Å²) in [7, 11) is 1.15. The highest BCUT2D eigenvalue weighted by atomic mass is 19.1. The SMILES string of the molecule is COC(=O)[C@H](CO)NC(=O)/C=C/c1ccc(-c2ccccc2F)o1. The molecule has 0 spiro atoms. The van der Waals surface area contributed by atoms with Crippen LogP contribution in [0.4, 0.5) is 4.39 Å². The van der Waals surface area contributed by atoms with Gasteiger partial charge in [-0.3, -0.25) is 4.79 Å². The maximum atomic E-state index is 13.7. The Labute approximate surface area is 137 Å². The van der Waals surface area contributed by atoms with Gasteiger partial charge >= 0.3 is 5.97 Å². The molecule has 2 N–H and O–H groups in total. The molecule has 0 radical (unpaired) electrons. The van der Waals surface area contributed by atoms with Gasteiger partial charge in [0.25, 0.3) is 0 Å². The van der Waals surface area contributed by atoms with Gasteiger partial charge in [-0.1, -0.05) is 12.1 Å². The van der Waals surface area contributed by atoms with Gasteiger partial charge in [-0.05, 0) is 30.3 Å². The number of carbonyl (C=O) groups is 2. The van der Waals surface area contributed by atoms with Crippen LogP contribution in [0.3, 0.4) is 0 Å². The van der Waals surface area contributed by atoms with Crippen LogP contribution in [0.2, 0.25) is 0 Å². The number of ether oxygens (including phenoxy) is 1. The number of esters is 1. The second-order valence-electron chi connectivity index (χ2n) is 4.78. The van der Waals surface area contributed by atoms with Crippen molar-refractivity contribution in [2.45, 2.75) is 6.04 Å². The fraction of sp³-hybridized carbons (Fsp3) is 0.176. The summed E-state index contributed by atoms with van der Waals surface area (Å²) in [5.74, 6) is -1.11. The zero-order chi connectivity index (χ0) is 17.5. The monoisotopic (exact) mass is 333 g/mol. The molecule has 2 rings (SSSR count). The Kier molecular flexibility index (Phi) is 5.86. The summed E-state index contributed by atoms with van der Waals surface area (Å²) in [5.41, 5.74) is 0.313. The lowest BCUT2D eigenvalue weighted by Gasteiger charge is -2.11. The highest BCUT2D eigenvalue weighted by molar-refractivity contribution is 5.94. The molecule has 0 saturated carbocycles. The molecule has 0 aliphatic heterocycles. The fourth-order valence-corrected chi connectivity index (χ4v) is 1.95. The molecule has 1 aromatic heterocycles. The van der Waals surface area contributed by atoms with E-state index < -0.39 is 30.3 Å². The summed E-state index contributed by atoms with van der Waals surface area (Å²) in [6.45, 7) is -0.579. The molecule has 7 heteroatoms. The molecule has 0 bridgehead atoms. The molecule has 1 aromatic carbocycles. The van der Waals surface area contributed by atoms with Crippen molar-refractivity contribution in [2.75, 3.05) is 13.7 Å². The molecule has 0 aliphatic carbocycles. The molecule has 0 unspecified atom stereocenters. The summed E-state index contributed by atoms with van der Waals surface area (Å²) >= 11 is 0. The zero-order valence-corrected chi connectivity index (χ0v) is 12.9. The lowest BCUT2D eigenvalue weighted by Crippen LogP contribution is -2.43. The van der Waals surface area contributed by atoms with Gasteiger partial charge in [-0.25, -0.2) is 9.18 Å². The first-order valence-electron chi connectivity index (χ1n) is 7.07. The lowest BCUT2D eigenvalue weighted by molar-refractivity contribution is -0.145. The number of carbonyl (C=O) groups excluding carboxylic acids is 2. The van der Waals surface area contributed by atoms with Gasteiger partial charge in [-0.2, -0.15) is 0 Å². The van der Waals surface area contributed by atoms with E-state index in [2.05, 4.69) is 10.1 Å². The van der Waals surface area contributed by atoms with Gasteiger partial charge < -0.3 is 19.6 Å². The molecular weight excluding hydrogens is 317 g/mol. The van der Waals surface area contributed by atoms with Crippen molar-refractivity contribution in [3.63, 3.8) is 0 Å². The van der Waals surface area contributed by atoms with Crippen LogP contribution in [-0.2, 0) is 14.3 Å². The maximum absolute atomic E-state index is 13.7. The van der Waals surface area contributed by atoms with Crippen LogP contribution in [0.5, 0.6) is 0 Å². The number of aliphatic hydroxyl groups excluding tert-OH is 1. The Balaban J connectivity index is 2.04. The summed E-state index contributed by atoms with van der Waals surface area (Å²) < 4.78 is 23.6. The van der Waals surface area contributed by atoms with E-state index >= 15 is 0 Å². The number of rotatable bonds is 6. The normalized spacial score (nSPS) is 12.1. The molecular formula is C17H16FNO5. The molecule has 0 saturated heterocycles. The van der Waals surface area contributed by atoms with Crippen LogP contribution in [-0.4, -0.2) is 36.7 Å². The Morgan fingerprint density at radius 3 is 2.75 bits per heavy atom. The van der Waals surface area contributed by atoms with Crippen molar-refractivity contribution in [1.82, 2.24) is 5.32 Å². The van der Waals surface area contributed by atoms with Gasteiger partial charge in [0.2, 0.25) is 5.91 Å². The number of nitrogens with one attached hydrogen (secondary N) is 1. The molecule has 0 aliphatic rings. The molecule has 126 valence electrons. The van der Waals surface area contributed by atoms with Gasteiger partial charge in [0.05, 0.1) is 19.3 Å². The van der Waals surface area contributed by atoms with Gasteiger partial charge in [-0.15, -0.1) is 0 Å². The third kappa shape index (κ3) is 4.30. The van der Waals surface area contributed by atoms with Crippen LogP contribution < -0.4 is 5.32 Å². The van der Waals surface area contributed by atoms with E-state index in [1.165, 1.54) is 12.1 Å². The Bertz CT molecular complexity index is 753. The number of benzene rings is 1. The Hall–Kier alpha value is -2.93. The minimum atomic E-state index is -1.14. The second-order valence-corrected chi connectivity index (χ2v) is 4.78. The summed E-state index contributed by atoms with van der Waals surface area (Å²) in [6, 6.07) is 8.19. The minimum Gasteiger partial charge on any atom is -0.467 e. The first-order chi connectivity index (χ1) is 11.5. The van der Waals surface area contributed by atoms with Crippen LogP contribution in [0, 0.1) is 5.82 Å². The highest BCUT2D eigenvalue weighted by Crippen LogP contribution is 2.25. The van der Waals surface area contributed by atoms with Crippen molar-refractivity contribution in [3.05, 3.63) is 54.1 Å². The number of halogens is 1. The van der Waals surface area contributed by atoms with Gasteiger partial charge in [0.1, 0.15) is 17.3 Å². The molecule has 0 fully saturated rings. The molecule has 24 heavy (non-hydrogen) atoms.